The standard InChI is InChI=1S/C14H18F2N2O/c1-10(18-7-3-2-4-8-18)14(19)17-13-6-5-11(15)9-12(13)16/h5-6,9-10H,2-4,7-8H2,1H3,(H,17,19). The van der Waals surface area contributed by atoms with Gasteiger partial charge in [-0.25, -0.2) is 8.78 Å². The van der Waals surface area contributed by atoms with Crippen LogP contribution in [0.5, 0.6) is 0 Å². The molecule has 1 heterocycles. The van der Waals surface area contributed by atoms with Crippen LogP contribution < -0.4 is 5.32 Å². The molecule has 0 aliphatic carbocycles. The highest BCUT2D eigenvalue weighted by molar-refractivity contribution is 5.94. The number of amides is 1. The number of anilines is 1. The van der Waals surface area contributed by atoms with Gasteiger partial charge < -0.3 is 5.32 Å². The number of carbonyl (C=O) groups is 1. The van der Waals surface area contributed by atoms with E-state index < -0.39 is 11.6 Å². The predicted octanol–water partition coefficient (Wildman–Crippen LogP) is 2.78. The lowest BCUT2D eigenvalue weighted by Crippen LogP contribution is -2.44. The first-order valence-electron chi connectivity index (χ1n) is 6.58. The van der Waals surface area contributed by atoms with E-state index in [0.29, 0.717) is 0 Å². The van der Waals surface area contributed by atoms with E-state index in [0.717, 1.165) is 38.1 Å². The molecule has 19 heavy (non-hydrogen) atoms. The summed E-state index contributed by atoms with van der Waals surface area (Å²) < 4.78 is 26.2. The number of likely N-dealkylation sites (tertiary alicyclic amines) is 1. The molecule has 5 heteroatoms. The Morgan fingerprint density at radius 3 is 2.58 bits per heavy atom. The number of rotatable bonds is 3. The maximum absolute atomic E-state index is 13.4. The van der Waals surface area contributed by atoms with E-state index >= 15 is 0 Å². The Bertz CT molecular complexity index is 459. The Labute approximate surface area is 111 Å². The number of benzene rings is 1. The molecule has 1 aliphatic rings. The zero-order valence-corrected chi connectivity index (χ0v) is 11.0. The van der Waals surface area contributed by atoms with Gasteiger partial charge in [-0.05, 0) is 45.0 Å². The summed E-state index contributed by atoms with van der Waals surface area (Å²) in [5.74, 6) is -1.66. The van der Waals surface area contributed by atoms with E-state index in [1.54, 1.807) is 0 Å². The lowest BCUT2D eigenvalue weighted by atomic mass is 10.1. The number of hydrogen-bond acceptors (Lipinski definition) is 2. The molecule has 0 saturated carbocycles. The first kappa shape index (κ1) is 13.9. The van der Waals surface area contributed by atoms with Crippen molar-refractivity contribution in [2.24, 2.45) is 0 Å². The Morgan fingerprint density at radius 1 is 1.26 bits per heavy atom. The number of piperidine rings is 1. The summed E-state index contributed by atoms with van der Waals surface area (Å²) >= 11 is 0. The zero-order valence-electron chi connectivity index (χ0n) is 11.0. The van der Waals surface area contributed by atoms with Crippen LogP contribution in [0.2, 0.25) is 0 Å². The van der Waals surface area contributed by atoms with Gasteiger partial charge in [0.25, 0.3) is 0 Å². The minimum atomic E-state index is -0.751. The Balaban J connectivity index is 1.99. The molecule has 1 atom stereocenters. The molecule has 0 aromatic heterocycles. The second-order valence-electron chi connectivity index (χ2n) is 4.89. The second kappa shape index (κ2) is 6.10. The van der Waals surface area contributed by atoms with E-state index in [1.807, 2.05) is 6.92 Å². The lowest BCUT2D eigenvalue weighted by molar-refractivity contribution is -0.121. The zero-order chi connectivity index (χ0) is 13.8. The molecule has 0 bridgehead atoms. The molecule has 1 amide bonds. The van der Waals surface area contributed by atoms with Gasteiger partial charge in [0.15, 0.2) is 0 Å². The van der Waals surface area contributed by atoms with Crippen LogP contribution in [-0.4, -0.2) is 29.9 Å². The summed E-state index contributed by atoms with van der Waals surface area (Å²) in [6, 6.07) is 2.83. The molecular weight excluding hydrogens is 250 g/mol. The largest absolute Gasteiger partial charge is 0.322 e. The van der Waals surface area contributed by atoms with E-state index in [2.05, 4.69) is 10.2 Å². The average Bonchev–Trinajstić information content (AvgIpc) is 2.42. The molecule has 1 aromatic rings. The normalized spacial score (nSPS) is 18.1. The van der Waals surface area contributed by atoms with Gasteiger partial charge in [-0.1, -0.05) is 6.42 Å². The molecule has 104 valence electrons. The lowest BCUT2D eigenvalue weighted by Gasteiger charge is -2.31. The SMILES string of the molecule is CC(C(=O)Nc1ccc(F)cc1F)N1CCCCC1. The highest BCUT2D eigenvalue weighted by atomic mass is 19.1. The van der Waals surface area contributed by atoms with Crippen LogP contribution in [0.1, 0.15) is 26.2 Å². The van der Waals surface area contributed by atoms with Gasteiger partial charge in [-0.15, -0.1) is 0 Å². The van der Waals surface area contributed by atoms with Crippen molar-refractivity contribution in [3.8, 4) is 0 Å². The smallest absolute Gasteiger partial charge is 0.241 e. The topological polar surface area (TPSA) is 32.3 Å². The van der Waals surface area contributed by atoms with E-state index in [-0.39, 0.29) is 17.6 Å². The molecule has 1 N–H and O–H groups in total. The van der Waals surface area contributed by atoms with Crippen LogP contribution in [0.15, 0.2) is 18.2 Å². The van der Waals surface area contributed by atoms with Crippen molar-refractivity contribution >= 4 is 11.6 Å². The molecule has 1 unspecified atom stereocenters. The molecule has 1 saturated heterocycles. The van der Waals surface area contributed by atoms with Crippen molar-refractivity contribution in [1.82, 2.24) is 4.90 Å². The highest BCUT2D eigenvalue weighted by Gasteiger charge is 2.23. The molecule has 1 aliphatic heterocycles. The van der Waals surface area contributed by atoms with E-state index in [9.17, 15) is 13.6 Å². The minimum absolute atomic E-state index is 0.0234. The van der Waals surface area contributed by atoms with Crippen molar-refractivity contribution in [1.29, 1.82) is 0 Å². The summed E-state index contributed by atoms with van der Waals surface area (Å²) in [5, 5.41) is 2.51. The monoisotopic (exact) mass is 268 g/mol. The van der Waals surface area contributed by atoms with Crippen LogP contribution in [0.3, 0.4) is 0 Å². The average molecular weight is 268 g/mol. The van der Waals surface area contributed by atoms with Gasteiger partial charge in [0.05, 0.1) is 11.7 Å². The van der Waals surface area contributed by atoms with E-state index in [4.69, 9.17) is 0 Å². The molecule has 1 aromatic carbocycles. The van der Waals surface area contributed by atoms with Crippen molar-refractivity contribution in [3.63, 3.8) is 0 Å². The molecule has 0 radical (unpaired) electrons. The van der Waals surface area contributed by atoms with E-state index in [1.165, 1.54) is 12.5 Å². The Kier molecular flexibility index (Phi) is 4.47. The maximum atomic E-state index is 13.4. The first-order valence-corrected chi connectivity index (χ1v) is 6.58. The quantitative estimate of drug-likeness (QED) is 0.914. The van der Waals surface area contributed by atoms with Crippen molar-refractivity contribution < 1.29 is 13.6 Å². The van der Waals surface area contributed by atoms with Crippen LogP contribution in [0, 0.1) is 11.6 Å². The third kappa shape index (κ3) is 3.50. The Hall–Kier alpha value is -1.49. The summed E-state index contributed by atoms with van der Waals surface area (Å²) in [6.45, 7) is 3.59. The minimum Gasteiger partial charge on any atom is -0.322 e. The molecule has 0 spiro atoms. The first-order chi connectivity index (χ1) is 9.08. The fourth-order valence-corrected chi connectivity index (χ4v) is 2.30. The van der Waals surface area contributed by atoms with Crippen molar-refractivity contribution in [2.45, 2.75) is 32.2 Å². The summed E-state index contributed by atoms with van der Waals surface area (Å²) in [4.78, 5) is 14.1. The summed E-state index contributed by atoms with van der Waals surface area (Å²) in [6.07, 6.45) is 3.36. The number of nitrogens with one attached hydrogen (secondary N) is 1. The third-order valence-corrected chi connectivity index (χ3v) is 3.51. The van der Waals surface area contributed by atoms with Gasteiger partial charge in [0.1, 0.15) is 11.6 Å². The molecule has 3 nitrogen and oxygen atoms in total. The highest BCUT2D eigenvalue weighted by Crippen LogP contribution is 2.17. The second-order valence-corrected chi connectivity index (χ2v) is 4.89. The van der Waals surface area contributed by atoms with Crippen LogP contribution >= 0.6 is 0 Å². The fourth-order valence-electron chi connectivity index (χ4n) is 2.30. The molecule has 1 fully saturated rings. The number of nitrogens with zero attached hydrogens (tertiary/aromatic N) is 1. The van der Waals surface area contributed by atoms with Gasteiger partial charge in [-0.2, -0.15) is 0 Å². The van der Waals surface area contributed by atoms with Crippen LogP contribution in [0.4, 0.5) is 14.5 Å². The van der Waals surface area contributed by atoms with Crippen LogP contribution in [-0.2, 0) is 4.79 Å². The van der Waals surface area contributed by atoms with Crippen LogP contribution in [0.25, 0.3) is 0 Å². The number of hydrogen-bond donors (Lipinski definition) is 1. The number of carbonyl (C=O) groups excluding carboxylic acids is 1. The Morgan fingerprint density at radius 2 is 1.95 bits per heavy atom. The van der Waals surface area contributed by atoms with Gasteiger partial charge in [-0.3, -0.25) is 9.69 Å². The maximum Gasteiger partial charge on any atom is 0.241 e. The van der Waals surface area contributed by atoms with Gasteiger partial charge >= 0.3 is 0 Å². The van der Waals surface area contributed by atoms with Gasteiger partial charge in [0.2, 0.25) is 5.91 Å². The molecular formula is C14H18F2N2O. The van der Waals surface area contributed by atoms with Gasteiger partial charge in [0, 0.05) is 6.07 Å². The summed E-state index contributed by atoms with van der Waals surface area (Å²) in [5.41, 5.74) is 0.0234. The summed E-state index contributed by atoms with van der Waals surface area (Å²) in [7, 11) is 0. The number of halogens is 2. The third-order valence-electron chi connectivity index (χ3n) is 3.51. The molecule has 2 rings (SSSR count). The fraction of sp³-hybridized carbons (Fsp3) is 0.500. The predicted molar refractivity (Wildman–Crippen MR) is 69.9 cm³/mol. The van der Waals surface area contributed by atoms with Crippen molar-refractivity contribution in [3.05, 3.63) is 29.8 Å². The van der Waals surface area contributed by atoms with Crippen molar-refractivity contribution in [2.75, 3.05) is 18.4 Å².